The number of nitrogens with one attached hydrogen (secondary N) is 3. The second-order valence-corrected chi connectivity index (χ2v) is 6.03. The monoisotopic (exact) mass is 383 g/mol. The molecule has 8 heteroatoms. The minimum atomic E-state index is -0.418. The fourth-order valence-corrected chi connectivity index (χ4v) is 2.22. The first kappa shape index (κ1) is 18.3. The standard InChI is InChI=1S/C16H15Cl2N3O2S/c1-10-5-7-11(8-6-10)19-16(24)21-20-14(22)9-23-13-4-2-3-12(17)15(13)18/h2-8H,9H2,1H3,(H,20,22)(H2,19,21,24). The quantitative estimate of drug-likeness (QED) is 0.554. The summed E-state index contributed by atoms with van der Waals surface area (Å²) in [6, 6.07) is 12.6. The van der Waals surface area contributed by atoms with Crippen LogP contribution in [0, 0.1) is 6.92 Å². The number of ether oxygens (including phenoxy) is 1. The Kier molecular flexibility index (Phi) is 6.66. The zero-order valence-corrected chi connectivity index (χ0v) is 15.1. The van der Waals surface area contributed by atoms with Gasteiger partial charge in [-0.25, -0.2) is 0 Å². The van der Waals surface area contributed by atoms with Crippen LogP contribution in [0.1, 0.15) is 5.56 Å². The van der Waals surface area contributed by atoms with Gasteiger partial charge in [0.1, 0.15) is 10.8 Å². The minimum absolute atomic E-state index is 0.236. The topological polar surface area (TPSA) is 62.4 Å². The van der Waals surface area contributed by atoms with Crippen molar-refractivity contribution in [3.05, 3.63) is 58.1 Å². The van der Waals surface area contributed by atoms with Crippen molar-refractivity contribution in [1.82, 2.24) is 10.9 Å². The summed E-state index contributed by atoms with van der Waals surface area (Å²) in [5.74, 6) is -0.0845. The molecule has 0 aromatic heterocycles. The van der Waals surface area contributed by atoms with Crippen molar-refractivity contribution >= 4 is 52.1 Å². The zero-order chi connectivity index (χ0) is 17.5. The maximum Gasteiger partial charge on any atom is 0.276 e. The highest BCUT2D eigenvalue weighted by Gasteiger charge is 2.08. The van der Waals surface area contributed by atoms with Crippen LogP contribution in [0.5, 0.6) is 5.75 Å². The maximum atomic E-state index is 11.8. The molecule has 0 aliphatic carbocycles. The number of hydrogen-bond donors (Lipinski definition) is 3. The molecule has 0 saturated heterocycles. The van der Waals surface area contributed by atoms with E-state index in [-0.39, 0.29) is 16.7 Å². The Morgan fingerprint density at radius 2 is 1.83 bits per heavy atom. The predicted octanol–water partition coefficient (Wildman–Crippen LogP) is 3.70. The molecule has 0 fully saturated rings. The van der Waals surface area contributed by atoms with Crippen molar-refractivity contribution in [3.8, 4) is 5.75 Å². The Hall–Kier alpha value is -2.02. The molecule has 1 amide bonds. The van der Waals surface area contributed by atoms with Crippen molar-refractivity contribution in [1.29, 1.82) is 0 Å². The molecule has 0 radical (unpaired) electrons. The Morgan fingerprint density at radius 1 is 1.12 bits per heavy atom. The van der Waals surface area contributed by atoms with Gasteiger partial charge >= 0.3 is 0 Å². The van der Waals surface area contributed by atoms with Gasteiger partial charge in [-0.3, -0.25) is 15.6 Å². The molecule has 3 N–H and O–H groups in total. The van der Waals surface area contributed by atoms with Crippen LogP contribution in [0.2, 0.25) is 10.0 Å². The second kappa shape index (κ2) is 8.73. The van der Waals surface area contributed by atoms with Crippen LogP contribution in [0.3, 0.4) is 0 Å². The van der Waals surface area contributed by atoms with E-state index >= 15 is 0 Å². The Balaban J connectivity index is 1.75. The van der Waals surface area contributed by atoms with Crippen molar-refractivity contribution < 1.29 is 9.53 Å². The summed E-state index contributed by atoms with van der Waals surface area (Å²) in [6.45, 7) is 1.76. The highest BCUT2D eigenvalue weighted by Crippen LogP contribution is 2.31. The first-order chi connectivity index (χ1) is 11.5. The fourth-order valence-electron chi connectivity index (χ4n) is 1.70. The van der Waals surface area contributed by atoms with Crippen LogP contribution in [0.4, 0.5) is 5.69 Å². The minimum Gasteiger partial charge on any atom is -0.482 e. The van der Waals surface area contributed by atoms with Gasteiger partial charge in [-0.1, -0.05) is 47.0 Å². The highest BCUT2D eigenvalue weighted by molar-refractivity contribution is 7.80. The van der Waals surface area contributed by atoms with Gasteiger partial charge in [-0.15, -0.1) is 0 Å². The lowest BCUT2D eigenvalue weighted by Crippen LogP contribution is -2.45. The number of aryl methyl sites for hydroxylation is 1. The van der Waals surface area contributed by atoms with E-state index in [1.807, 2.05) is 31.2 Å². The first-order valence-electron chi connectivity index (χ1n) is 6.95. The average molecular weight is 384 g/mol. The van der Waals surface area contributed by atoms with E-state index in [2.05, 4.69) is 16.2 Å². The number of amides is 1. The molecule has 0 saturated carbocycles. The SMILES string of the molecule is Cc1ccc(NC(=S)NNC(=O)COc2cccc(Cl)c2Cl)cc1. The molecule has 5 nitrogen and oxygen atoms in total. The predicted molar refractivity (Wildman–Crippen MR) is 101 cm³/mol. The molecule has 0 aliphatic rings. The number of hydrogen-bond acceptors (Lipinski definition) is 3. The molecule has 24 heavy (non-hydrogen) atoms. The summed E-state index contributed by atoms with van der Waals surface area (Å²) in [5.41, 5.74) is 6.97. The van der Waals surface area contributed by atoms with Crippen molar-refractivity contribution in [2.45, 2.75) is 6.92 Å². The summed E-state index contributed by atoms with van der Waals surface area (Å²) in [5, 5.41) is 3.82. The molecule has 0 aliphatic heterocycles. The Morgan fingerprint density at radius 3 is 2.54 bits per heavy atom. The van der Waals surface area contributed by atoms with Crippen LogP contribution in [-0.2, 0) is 4.79 Å². The third-order valence-corrected chi connectivity index (χ3v) is 3.91. The summed E-state index contributed by atoms with van der Waals surface area (Å²) < 4.78 is 5.31. The molecule has 2 rings (SSSR count). The number of halogens is 2. The molecule has 0 heterocycles. The smallest absolute Gasteiger partial charge is 0.276 e. The summed E-state index contributed by atoms with van der Waals surface area (Å²) in [6.07, 6.45) is 0. The van der Waals surface area contributed by atoms with E-state index in [4.69, 9.17) is 40.2 Å². The van der Waals surface area contributed by atoms with Crippen LogP contribution >= 0.6 is 35.4 Å². The second-order valence-electron chi connectivity index (χ2n) is 4.83. The number of rotatable bonds is 4. The van der Waals surface area contributed by atoms with Crippen LogP contribution < -0.4 is 20.9 Å². The number of hydrazine groups is 1. The summed E-state index contributed by atoms with van der Waals surface area (Å²) in [7, 11) is 0. The van der Waals surface area contributed by atoms with E-state index < -0.39 is 5.91 Å². The number of benzene rings is 2. The third kappa shape index (κ3) is 5.56. The van der Waals surface area contributed by atoms with E-state index in [9.17, 15) is 4.79 Å². The molecule has 0 bridgehead atoms. The normalized spacial score (nSPS) is 9.96. The van der Waals surface area contributed by atoms with Gasteiger partial charge in [0.25, 0.3) is 5.91 Å². The lowest BCUT2D eigenvalue weighted by molar-refractivity contribution is -0.123. The van der Waals surface area contributed by atoms with Crippen molar-refractivity contribution in [2.24, 2.45) is 0 Å². The molecule has 126 valence electrons. The van der Waals surface area contributed by atoms with Gasteiger partial charge in [-0.2, -0.15) is 0 Å². The van der Waals surface area contributed by atoms with Gasteiger partial charge in [0.15, 0.2) is 11.7 Å². The van der Waals surface area contributed by atoms with Crippen molar-refractivity contribution in [2.75, 3.05) is 11.9 Å². The average Bonchev–Trinajstić information content (AvgIpc) is 2.56. The molecule has 2 aromatic carbocycles. The van der Waals surface area contributed by atoms with E-state index in [1.165, 1.54) is 0 Å². The van der Waals surface area contributed by atoms with Gasteiger partial charge in [0.2, 0.25) is 0 Å². The van der Waals surface area contributed by atoms with E-state index in [1.54, 1.807) is 18.2 Å². The van der Waals surface area contributed by atoms with Crippen LogP contribution in [0.25, 0.3) is 0 Å². The summed E-state index contributed by atoms with van der Waals surface area (Å²) >= 11 is 16.9. The molecular formula is C16H15Cl2N3O2S. The van der Waals surface area contributed by atoms with E-state index in [0.29, 0.717) is 10.8 Å². The largest absolute Gasteiger partial charge is 0.482 e. The number of thiocarbonyl (C=S) groups is 1. The molecule has 0 spiro atoms. The Labute approximate surface area is 155 Å². The number of anilines is 1. The van der Waals surface area contributed by atoms with Crippen molar-refractivity contribution in [3.63, 3.8) is 0 Å². The molecule has 2 aromatic rings. The van der Waals surface area contributed by atoms with Gasteiger partial charge in [-0.05, 0) is 43.4 Å². The maximum absolute atomic E-state index is 11.8. The third-order valence-electron chi connectivity index (χ3n) is 2.90. The lowest BCUT2D eigenvalue weighted by atomic mass is 10.2. The van der Waals surface area contributed by atoms with Gasteiger partial charge < -0.3 is 10.1 Å². The van der Waals surface area contributed by atoms with Crippen LogP contribution in [0.15, 0.2) is 42.5 Å². The molecular weight excluding hydrogens is 369 g/mol. The van der Waals surface area contributed by atoms with Gasteiger partial charge in [0.05, 0.1) is 5.02 Å². The highest BCUT2D eigenvalue weighted by atomic mass is 35.5. The lowest BCUT2D eigenvalue weighted by Gasteiger charge is -2.12. The summed E-state index contributed by atoms with van der Waals surface area (Å²) in [4.78, 5) is 11.8. The molecule has 0 atom stereocenters. The zero-order valence-electron chi connectivity index (χ0n) is 12.7. The molecule has 0 unspecified atom stereocenters. The number of carbonyl (C=O) groups is 1. The van der Waals surface area contributed by atoms with Crippen LogP contribution in [-0.4, -0.2) is 17.6 Å². The fraction of sp³-hybridized carbons (Fsp3) is 0.125. The van der Waals surface area contributed by atoms with E-state index in [0.717, 1.165) is 11.3 Å². The Bertz CT molecular complexity index is 739. The first-order valence-corrected chi connectivity index (χ1v) is 8.11. The van der Waals surface area contributed by atoms with Gasteiger partial charge in [0, 0.05) is 5.69 Å². The number of carbonyl (C=O) groups excluding carboxylic acids is 1.